The van der Waals surface area contributed by atoms with Gasteiger partial charge in [-0.1, -0.05) is 52.3 Å². The molecule has 0 heterocycles. The fourth-order valence-corrected chi connectivity index (χ4v) is 2.23. The number of hydrogen-bond acceptors (Lipinski definition) is 4. The topological polar surface area (TPSA) is 44.8 Å². The van der Waals surface area contributed by atoms with Crippen molar-refractivity contribution in [3.05, 3.63) is 60.9 Å². The average molecular weight is 358 g/mol. The molecule has 0 amide bonds. The fraction of sp³-hybridized carbons (Fsp3) is 0.409. The summed E-state index contributed by atoms with van der Waals surface area (Å²) < 4.78 is 16.8. The van der Waals surface area contributed by atoms with Gasteiger partial charge >= 0.3 is 5.97 Å². The van der Waals surface area contributed by atoms with Crippen LogP contribution in [0.1, 0.15) is 56.3 Å². The normalized spacial score (nSPS) is 10.9. The van der Waals surface area contributed by atoms with Crippen molar-refractivity contribution in [2.24, 2.45) is 0 Å². The number of esters is 1. The number of carbonyl (C=O) groups excluding carboxylic acids is 1. The molecule has 0 radical (unpaired) electrons. The minimum atomic E-state index is -0.501. The molecule has 4 nitrogen and oxygen atoms in total. The van der Waals surface area contributed by atoms with E-state index in [1.54, 1.807) is 24.3 Å². The van der Waals surface area contributed by atoms with Crippen LogP contribution in [-0.4, -0.2) is 19.2 Å². The van der Waals surface area contributed by atoms with Gasteiger partial charge in [0.15, 0.2) is 0 Å². The van der Waals surface area contributed by atoms with Gasteiger partial charge in [0.2, 0.25) is 0 Å². The molecular formula is C22H30O4. The molecule has 0 bridgehead atoms. The lowest BCUT2D eigenvalue weighted by Crippen LogP contribution is -2.08. The summed E-state index contributed by atoms with van der Waals surface area (Å²) in [5.74, 6) is 0.987. The Balaban J connectivity index is 2.86. The van der Waals surface area contributed by atoms with Gasteiger partial charge in [-0.2, -0.15) is 0 Å². The van der Waals surface area contributed by atoms with Gasteiger partial charge in [-0.15, -0.1) is 0 Å². The van der Waals surface area contributed by atoms with Crippen molar-refractivity contribution in [2.75, 3.05) is 13.2 Å². The molecule has 1 aromatic rings. The van der Waals surface area contributed by atoms with Crippen LogP contribution in [-0.2, 0) is 4.74 Å². The third kappa shape index (κ3) is 7.60. The SMILES string of the molecule is C=CC=C(C=C)OC(=O)c1ccc(OCCCCCC)cc1OCCC. The third-order valence-electron chi connectivity index (χ3n) is 3.60. The molecule has 0 atom stereocenters. The summed E-state index contributed by atoms with van der Waals surface area (Å²) in [5, 5.41) is 0. The van der Waals surface area contributed by atoms with E-state index in [-0.39, 0.29) is 0 Å². The maximum absolute atomic E-state index is 12.5. The van der Waals surface area contributed by atoms with E-state index >= 15 is 0 Å². The lowest BCUT2D eigenvalue weighted by Gasteiger charge is -2.13. The molecule has 0 fully saturated rings. The Bertz CT molecular complexity index is 617. The molecule has 0 saturated carbocycles. The number of carbonyl (C=O) groups is 1. The molecule has 0 aliphatic heterocycles. The van der Waals surface area contributed by atoms with Crippen LogP contribution in [0.15, 0.2) is 55.3 Å². The van der Waals surface area contributed by atoms with Crippen LogP contribution in [0.3, 0.4) is 0 Å². The summed E-state index contributed by atoms with van der Waals surface area (Å²) in [7, 11) is 0. The Labute approximate surface area is 157 Å². The number of unbranched alkanes of at least 4 members (excludes halogenated alkanes) is 3. The summed E-state index contributed by atoms with van der Waals surface area (Å²) in [6, 6.07) is 5.18. The average Bonchev–Trinajstić information content (AvgIpc) is 2.65. The van der Waals surface area contributed by atoms with Crippen molar-refractivity contribution in [3.63, 3.8) is 0 Å². The molecule has 0 aliphatic rings. The van der Waals surface area contributed by atoms with Crippen molar-refractivity contribution >= 4 is 5.97 Å². The highest BCUT2D eigenvalue weighted by molar-refractivity contribution is 5.93. The standard InChI is InChI=1S/C22H30O4/c1-5-9-10-11-16-24-19-13-14-20(21(17-19)25-15-7-3)22(23)26-18(8-4)12-6-2/h6,8,12-14,17H,2,4-5,7,9-11,15-16H2,1,3H3. The molecule has 1 rings (SSSR count). The molecule has 142 valence electrons. The van der Waals surface area contributed by atoms with Crippen LogP contribution >= 0.6 is 0 Å². The second kappa shape index (κ2) is 12.8. The molecular weight excluding hydrogens is 328 g/mol. The van der Waals surface area contributed by atoms with Gasteiger partial charge in [-0.25, -0.2) is 4.79 Å². The Morgan fingerprint density at radius 1 is 1.04 bits per heavy atom. The van der Waals surface area contributed by atoms with Crippen LogP contribution in [0.2, 0.25) is 0 Å². The van der Waals surface area contributed by atoms with E-state index in [2.05, 4.69) is 20.1 Å². The van der Waals surface area contributed by atoms with E-state index in [4.69, 9.17) is 14.2 Å². The maximum atomic E-state index is 12.5. The zero-order valence-corrected chi connectivity index (χ0v) is 16.0. The number of ether oxygens (including phenoxy) is 3. The number of allylic oxidation sites excluding steroid dienone is 3. The maximum Gasteiger partial charge on any atom is 0.347 e. The summed E-state index contributed by atoms with van der Waals surface area (Å²) in [6.07, 6.45) is 9.98. The lowest BCUT2D eigenvalue weighted by molar-refractivity contribution is 0.0632. The van der Waals surface area contributed by atoms with Crippen LogP contribution in [0, 0.1) is 0 Å². The lowest BCUT2D eigenvalue weighted by atomic mass is 10.2. The first-order chi connectivity index (χ1) is 12.7. The predicted molar refractivity (Wildman–Crippen MR) is 106 cm³/mol. The van der Waals surface area contributed by atoms with Crippen LogP contribution in [0.5, 0.6) is 11.5 Å². The van der Waals surface area contributed by atoms with E-state index in [0.717, 1.165) is 19.3 Å². The molecule has 26 heavy (non-hydrogen) atoms. The Morgan fingerprint density at radius 2 is 1.85 bits per heavy atom. The second-order valence-corrected chi connectivity index (χ2v) is 5.81. The van der Waals surface area contributed by atoms with Crippen LogP contribution < -0.4 is 9.47 Å². The fourth-order valence-electron chi connectivity index (χ4n) is 2.23. The minimum absolute atomic E-state index is 0.336. The van der Waals surface area contributed by atoms with Gasteiger partial charge in [0.05, 0.1) is 13.2 Å². The Morgan fingerprint density at radius 3 is 2.50 bits per heavy atom. The Kier molecular flexibility index (Phi) is 10.6. The highest BCUT2D eigenvalue weighted by Gasteiger charge is 2.16. The first kappa shape index (κ1) is 21.6. The summed E-state index contributed by atoms with van der Waals surface area (Å²) >= 11 is 0. The zero-order chi connectivity index (χ0) is 19.2. The predicted octanol–water partition coefficient (Wildman–Crippen LogP) is 5.85. The number of benzene rings is 1. The monoisotopic (exact) mass is 358 g/mol. The zero-order valence-electron chi connectivity index (χ0n) is 16.0. The largest absolute Gasteiger partial charge is 0.493 e. The van der Waals surface area contributed by atoms with E-state index in [9.17, 15) is 4.79 Å². The van der Waals surface area contributed by atoms with Gasteiger partial charge in [-0.3, -0.25) is 0 Å². The molecule has 0 N–H and O–H groups in total. The quantitative estimate of drug-likeness (QED) is 0.192. The minimum Gasteiger partial charge on any atom is -0.493 e. The number of hydrogen-bond donors (Lipinski definition) is 0. The van der Waals surface area contributed by atoms with Gasteiger partial charge in [0, 0.05) is 6.07 Å². The van der Waals surface area contributed by atoms with Gasteiger partial charge in [0.1, 0.15) is 22.8 Å². The van der Waals surface area contributed by atoms with Crippen LogP contribution in [0.4, 0.5) is 0 Å². The van der Waals surface area contributed by atoms with Crippen molar-refractivity contribution < 1.29 is 19.0 Å². The van der Waals surface area contributed by atoms with E-state index < -0.39 is 5.97 Å². The first-order valence-corrected chi connectivity index (χ1v) is 9.23. The molecule has 0 saturated heterocycles. The number of rotatable bonds is 13. The van der Waals surface area contributed by atoms with Gasteiger partial charge < -0.3 is 14.2 Å². The van der Waals surface area contributed by atoms with Crippen molar-refractivity contribution in [1.29, 1.82) is 0 Å². The summed E-state index contributed by atoms with van der Waals surface area (Å²) in [4.78, 5) is 12.5. The third-order valence-corrected chi connectivity index (χ3v) is 3.60. The van der Waals surface area contributed by atoms with Crippen molar-refractivity contribution in [3.8, 4) is 11.5 Å². The highest BCUT2D eigenvalue weighted by atomic mass is 16.5. The summed E-state index contributed by atoms with van der Waals surface area (Å²) in [5.41, 5.74) is 0.355. The molecule has 0 aromatic heterocycles. The van der Waals surface area contributed by atoms with E-state index in [1.165, 1.54) is 25.0 Å². The molecule has 0 unspecified atom stereocenters. The molecule has 1 aromatic carbocycles. The van der Waals surface area contributed by atoms with Crippen LogP contribution in [0.25, 0.3) is 0 Å². The van der Waals surface area contributed by atoms with Crippen molar-refractivity contribution in [2.45, 2.75) is 46.0 Å². The molecule has 4 heteroatoms. The Hall–Kier alpha value is -2.49. The van der Waals surface area contributed by atoms with Crippen molar-refractivity contribution in [1.82, 2.24) is 0 Å². The molecule has 0 aliphatic carbocycles. The first-order valence-electron chi connectivity index (χ1n) is 9.23. The van der Waals surface area contributed by atoms with E-state index in [0.29, 0.717) is 36.0 Å². The van der Waals surface area contributed by atoms with E-state index in [1.807, 2.05) is 6.92 Å². The smallest absolute Gasteiger partial charge is 0.347 e. The van der Waals surface area contributed by atoms with Gasteiger partial charge in [0.25, 0.3) is 0 Å². The van der Waals surface area contributed by atoms with Gasteiger partial charge in [-0.05, 0) is 37.1 Å². The highest BCUT2D eigenvalue weighted by Crippen LogP contribution is 2.27. The molecule has 0 spiro atoms. The second-order valence-electron chi connectivity index (χ2n) is 5.81. The summed E-state index contributed by atoms with van der Waals surface area (Å²) in [6.45, 7) is 12.6.